The molecule has 0 bridgehead atoms. The van der Waals surface area contributed by atoms with Crippen molar-refractivity contribution in [3.8, 4) is 5.75 Å². The number of likely N-dealkylation sites (N-methyl/N-ethyl adjacent to an activating group) is 1. The van der Waals surface area contributed by atoms with E-state index >= 15 is 0 Å². The van der Waals surface area contributed by atoms with Gasteiger partial charge in [-0.3, -0.25) is 4.79 Å². The Balaban J connectivity index is 1.78. The number of thiophene rings is 1. The number of benzene rings is 1. The number of fused-ring (bicyclic) bond motifs is 2. The Kier molecular flexibility index (Phi) is 5.50. The Labute approximate surface area is 151 Å². The molecule has 6 heteroatoms. The van der Waals surface area contributed by atoms with Gasteiger partial charge in [-0.15, -0.1) is 11.3 Å². The van der Waals surface area contributed by atoms with Gasteiger partial charge in [-0.2, -0.15) is 0 Å². The lowest BCUT2D eigenvalue weighted by Gasteiger charge is -2.17. The minimum atomic E-state index is -0.0307. The molecule has 5 nitrogen and oxygen atoms in total. The summed E-state index contributed by atoms with van der Waals surface area (Å²) in [5.74, 6) is 0.773. The molecule has 0 aliphatic rings. The first-order valence-corrected chi connectivity index (χ1v) is 9.35. The summed E-state index contributed by atoms with van der Waals surface area (Å²) in [5, 5.41) is 5.00. The second kappa shape index (κ2) is 7.80. The van der Waals surface area contributed by atoms with Gasteiger partial charge >= 0.3 is 0 Å². The quantitative estimate of drug-likeness (QED) is 0.703. The minimum absolute atomic E-state index is 0.0307. The van der Waals surface area contributed by atoms with Crippen molar-refractivity contribution in [2.24, 2.45) is 0 Å². The number of aromatic nitrogens is 1. The van der Waals surface area contributed by atoms with Gasteiger partial charge in [0.15, 0.2) is 0 Å². The molecule has 0 aliphatic carbocycles. The van der Waals surface area contributed by atoms with Crippen molar-refractivity contribution >= 4 is 38.4 Å². The number of carbonyl (C=O) groups is 1. The number of amides is 1. The second-order valence-electron chi connectivity index (χ2n) is 5.83. The summed E-state index contributed by atoms with van der Waals surface area (Å²) in [6.07, 6.45) is 0. The molecule has 1 N–H and O–H groups in total. The monoisotopic (exact) mass is 357 g/mol. The van der Waals surface area contributed by atoms with E-state index < -0.39 is 0 Å². The van der Waals surface area contributed by atoms with E-state index in [0.717, 1.165) is 46.5 Å². The van der Waals surface area contributed by atoms with E-state index in [1.807, 2.05) is 24.3 Å². The number of carbonyl (C=O) groups excluding carboxylic acids is 1. The fourth-order valence-corrected chi connectivity index (χ4v) is 3.75. The van der Waals surface area contributed by atoms with E-state index in [1.54, 1.807) is 7.11 Å². The number of methoxy groups -OCH3 is 1. The topological polar surface area (TPSA) is 54.5 Å². The number of ether oxygens (including phenoxy) is 1. The summed E-state index contributed by atoms with van der Waals surface area (Å²) in [5.41, 5.74) is 0.906. The average molecular weight is 357 g/mol. The Morgan fingerprint density at radius 2 is 2.00 bits per heavy atom. The lowest BCUT2D eigenvalue weighted by atomic mass is 10.2. The normalized spacial score (nSPS) is 11.4. The number of hydrogen-bond acceptors (Lipinski definition) is 5. The van der Waals surface area contributed by atoms with Gasteiger partial charge in [-0.25, -0.2) is 4.98 Å². The number of rotatable bonds is 7. The van der Waals surface area contributed by atoms with E-state index in [-0.39, 0.29) is 5.91 Å². The number of pyridine rings is 1. The molecule has 0 fully saturated rings. The van der Waals surface area contributed by atoms with Crippen LogP contribution in [0.25, 0.3) is 21.1 Å². The molecule has 1 aromatic carbocycles. The van der Waals surface area contributed by atoms with Gasteiger partial charge < -0.3 is 15.0 Å². The molecule has 2 heterocycles. The maximum atomic E-state index is 12.4. The molecule has 2 aromatic heterocycles. The molecule has 0 radical (unpaired) electrons. The molecule has 1 amide bonds. The van der Waals surface area contributed by atoms with Crippen LogP contribution < -0.4 is 10.1 Å². The zero-order chi connectivity index (χ0) is 17.8. The van der Waals surface area contributed by atoms with E-state index in [2.05, 4.69) is 35.1 Å². The lowest BCUT2D eigenvalue weighted by molar-refractivity contribution is 0.0953. The van der Waals surface area contributed by atoms with Crippen molar-refractivity contribution in [2.75, 3.05) is 33.3 Å². The maximum Gasteiger partial charge on any atom is 0.261 e. The van der Waals surface area contributed by atoms with Crippen LogP contribution in [0.3, 0.4) is 0 Å². The van der Waals surface area contributed by atoms with Gasteiger partial charge in [0.05, 0.1) is 17.5 Å². The predicted octanol–water partition coefficient (Wildman–Crippen LogP) is 3.53. The zero-order valence-electron chi connectivity index (χ0n) is 14.8. The van der Waals surface area contributed by atoms with Crippen LogP contribution in [0.5, 0.6) is 5.75 Å². The van der Waals surface area contributed by atoms with Crippen molar-refractivity contribution in [1.82, 2.24) is 15.2 Å². The predicted molar refractivity (Wildman–Crippen MR) is 104 cm³/mol. The molecule has 3 aromatic rings. The van der Waals surface area contributed by atoms with Gasteiger partial charge in [0.1, 0.15) is 10.6 Å². The summed E-state index contributed by atoms with van der Waals surface area (Å²) in [4.78, 5) is 20.9. The van der Waals surface area contributed by atoms with Crippen LogP contribution >= 0.6 is 11.3 Å². The molecule has 0 aliphatic heterocycles. The Morgan fingerprint density at radius 1 is 1.20 bits per heavy atom. The summed E-state index contributed by atoms with van der Waals surface area (Å²) < 4.78 is 5.27. The first-order chi connectivity index (χ1) is 12.1. The smallest absolute Gasteiger partial charge is 0.261 e. The second-order valence-corrected chi connectivity index (χ2v) is 6.87. The van der Waals surface area contributed by atoms with Crippen molar-refractivity contribution in [3.05, 3.63) is 35.2 Å². The molecular formula is C19H23N3O2S. The van der Waals surface area contributed by atoms with Crippen LogP contribution in [0, 0.1) is 0 Å². The minimum Gasteiger partial charge on any atom is -0.497 e. The van der Waals surface area contributed by atoms with E-state index in [4.69, 9.17) is 4.74 Å². The highest BCUT2D eigenvalue weighted by atomic mass is 32.1. The summed E-state index contributed by atoms with van der Waals surface area (Å²) in [7, 11) is 1.65. The fourth-order valence-electron chi connectivity index (χ4n) is 2.81. The average Bonchev–Trinajstić information content (AvgIpc) is 3.05. The first-order valence-electron chi connectivity index (χ1n) is 8.53. The van der Waals surface area contributed by atoms with Crippen LogP contribution in [0.2, 0.25) is 0 Å². The molecule has 0 atom stereocenters. The van der Waals surface area contributed by atoms with E-state index in [9.17, 15) is 4.79 Å². The lowest BCUT2D eigenvalue weighted by Crippen LogP contribution is -2.34. The maximum absolute atomic E-state index is 12.4. The van der Waals surface area contributed by atoms with Crippen LogP contribution in [0.4, 0.5) is 0 Å². The summed E-state index contributed by atoms with van der Waals surface area (Å²) in [6, 6.07) is 9.78. The Morgan fingerprint density at radius 3 is 2.72 bits per heavy atom. The highest BCUT2D eigenvalue weighted by molar-refractivity contribution is 7.20. The SMILES string of the molecule is CCN(CC)CCNC(=O)c1cc2cc3cc(OC)ccc3nc2s1. The Bertz CT molecular complexity index is 887. The zero-order valence-corrected chi connectivity index (χ0v) is 15.7. The van der Waals surface area contributed by atoms with Crippen LogP contribution in [0.1, 0.15) is 23.5 Å². The van der Waals surface area contributed by atoms with Gasteiger partial charge in [0.2, 0.25) is 0 Å². The summed E-state index contributed by atoms with van der Waals surface area (Å²) in [6.45, 7) is 7.77. The molecule has 132 valence electrons. The first kappa shape index (κ1) is 17.6. The standard InChI is InChI=1S/C19H23N3O2S/c1-4-22(5-2)9-8-20-18(23)17-12-14-10-13-11-15(24-3)6-7-16(13)21-19(14)25-17/h6-7,10-12H,4-5,8-9H2,1-3H3,(H,20,23). The third kappa shape index (κ3) is 3.91. The van der Waals surface area contributed by atoms with Crippen LogP contribution in [-0.2, 0) is 0 Å². The highest BCUT2D eigenvalue weighted by Crippen LogP contribution is 2.29. The third-order valence-corrected chi connectivity index (χ3v) is 5.38. The highest BCUT2D eigenvalue weighted by Gasteiger charge is 2.12. The van der Waals surface area contributed by atoms with Crippen molar-refractivity contribution in [2.45, 2.75) is 13.8 Å². The van der Waals surface area contributed by atoms with E-state index in [1.165, 1.54) is 11.3 Å². The summed E-state index contributed by atoms with van der Waals surface area (Å²) >= 11 is 1.43. The van der Waals surface area contributed by atoms with E-state index in [0.29, 0.717) is 11.4 Å². The third-order valence-electron chi connectivity index (χ3n) is 4.34. The molecule has 0 saturated carbocycles. The largest absolute Gasteiger partial charge is 0.497 e. The van der Waals surface area contributed by atoms with Gasteiger partial charge in [0.25, 0.3) is 5.91 Å². The fraction of sp³-hybridized carbons (Fsp3) is 0.368. The Hall–Kier alpha value is -2.18. The number of nitrogens with one attached hydrogen (secondary N) is 1. The number of nitrogens with zero attached hydrogens (tertiary/aromatic N) is 2. The molecule has 0 saturated heterocycles. The molecule has 25 heavy (non-hydrogen) atoms. The van der Waals surface area contributed by atoms with Gasteiger partial charge in [-0.05, 0) is 43.4 Å². The molecule has 3 rings (SSSR count). The van der Waals surface area contributed by atoms with Crippen molar-refractivity contribution in [3.63, 3.8) is 0 Å². The molecular weight excluding hydrogens is 334 g/mol. The van der Waals surface area contributed by atoms with Gasteiger partial charge in [0, 0.05) is 23.9 Å². The molecule has 0 spiro atoms. The van der Waals surface area contributed by atoms with Crippen LogP contribution in [0.15, 0.2) is 30.3 Å². The van der Waals surface area contributed by atoms with Crippen LogP contribution in [-0.4, -0.2) is 49.1 Å². The van der Waals surface area contributed by atoms with Gasteiger partial charge in [-0.1, -0.05) is 13.8 Å². The molecule has 0 unspecified atom stereocenters. The van der Waals surface area contributed by atoms with Crippen molar-refractivity contribution < 1.29 is 9.53 Å². The number of hydrogen-bond donors (Lipinski definition) is 1. The van der Waals surface area contributed by atoms with Crippen molar-refractivity contribution in [1.29, 1.82) is 0 Å².